The van der Waals surface area contributed by atoms with Gasteiger partial charge in [-0.25, -0.2) is 0 Å². The summed E-state index contributed by atoms with van der Waals surface area (Å²) >= 11 is 0. The molecule has 3 heteroatoms. The van der Waals surface area contributed by atoms with Gasteiger partial charge in [0.05, 0.1) is 0 Å². The van der Waals surface area contributed by atoms with E-state index in [-0.39, 0.29) is 0 Å². The molecule has 1 unspecified atom stereocenters. The summed E-state index contributed by atoms with van der Waals surface area (Å²) in [6.07, 6.45) is 7.24. The van der Waals surface area contributed by atoms with Gasteiger partial charge < -0.3 is 10.8 Å². The zero-order valence-electron chi connectivity index (χ0n) is 6.16. The summed E-state index contributed by atoms with van der Waals surface area (Å²) in [6, 6.07) is -0.760. The zero-order chi connectivity index (χ0) is 8.27. The largest absolute Gasteiger partial charge is 0.480 e. The first-order valence-electron chi connectivity index (χ1n) is 3.54. The Labute approximate surface area is 65.2 Å². The van der Waals surface area contributed by atoms with Crippen LogP contribution < -0.4 is 5.73 Å². The summed E-state index contributed by atoms with van der Waals surface area (Å²) in [5.41, 5.74) is 6.35. The fourth-order valence-electron chi connectivity index (χ4n) is 0.999. The first kappa shape index (κ1) is 8.01. The zero-order valence-corrected chi connectivity index (χ0v) is 6.16. The average Bonchev–Trinajstić information content (AvgIpc) is 2.39. The van der Waals surface area contributed by atoms with Crippen molar-refractivity contribution in [1.29, 1.82) is 0 Å². The molecule has 0 saturated carbocycles. The van der Waals surface area contributed by atoms with Gasteiger partial charge in [0.1, 0.15) is 6.04 Å². The molecule has 0 aromatic heterocycles. The number of carboxylic acid groups (broad SMARTS) is 1. The standard InChI is InChI=1S/C8H11NO2/c9-7(8(10)11)5-6-3-1-2-4-6/h1,3-4,7H,2,5,9H2,(H,10,11). The van der Waals surface area contributed by atoms with E-state index in [0.29, 0.717) is 6.42 Å². The van der Waals surface area contributed by atoms with Crippen molar-refractivity contribution in [2.75, 3.05) is 0 Å². The number of allylic oxidation sites excluding steroid dienone is 3. The minimum Gasteiger partial charge on any atom is -0.480 e. The maximum Gasteiger partial charge on any atom is 0.320 e. The van der Waals surface area contributed by atoms with Crippen LogP contribution >= 0.6 is 0 Å². The Hall–Kier alpha value is -1.09. The molecule has 0 aromatic carbocycles. The summed E-state index contributed by atoms with van der Waals surface area (Å²) in [7, 11) is 0. The van der Waals surface area contributed by atoms with Crippen molar-refractivity contribution in [2.24, 2.45) is 5.73 Å². The summed E-state index contributed by atoms with van der Waals surface area (Å²) in [5, 5.41) is 8.47. The fourth-order valence-corrected chi connectivity index (χ4v) is 0.999. The molecule has 1 aliphatic carbocycles. The van der Waals surface area contributed by atoms with Crippen molar-refractivity contribution in [1.82, 2.24) is 0 Å². The lowest BCUT2D eigenvalue weighted by atomic mass is 10.1. The third kappa shape index (κ3) is 2.20. The van der Waals surface area contributed by atoms with E-state index in [4.69, 9.17) is 10.8 Å². The number of rotatable bonds is 3. The van der Waals surface area contributed by atoms with Crippen LogP contribution in [0.3, 0.4) is 0 Å². The molecule has 1 atom stereocenters. The molecule has 11 heavy (non-hydrogen) atoms. The van der Waals surface area contributed by atoms with Crippen molar-refractivity contribution in [3.8, 4) is 0 Å². The summed E-state index contributed by atoms with van der Waals surface area (Å²) in [5.74, 6) is -0.939. The van der Waals surface area contributed by atoms with Crippen molar-refractivity contribution >= 4 is 5.97 Å². The molecule has 0 aliphatic heterocycles. The van der Waals surface area contributed by atoms with Crippen LogP contribution in [0.4, 0.5) is 0 Å². The Morgan fingerprint density at radius 3 is 3.00 bits per heavy atom. The summed E-state index contributed by atoms with van der Waals surface area (Å²) in [6.45, 7) is 0. The minimum absolute atomic E-state index is 0.436. The highest BCUT2D eigenvalue weighted by atomic mass is 16.4. The molecule has 3 N–H and O–H groups in total. The van der Waals surface area contributed by atoms with Crippen LogP contribution in [-0.4, -0.2) is 17.1 Å². The number of nitrogens with two attached hydrogens (primary N) is 1. The molecule has 1 rings (SSSR count). The van der Waals surface area contributed by atoms with Crippen LogP contribution in [-0.2, 0) is 4.79 Å². The quantitative estimate of drug-likeness (QED) is 0.626. The van der Waals surface area contributed by atoms with Crippen LogP contribution in [0.2, 0.25) is 0 Å². The van der Waals surface area contributed by atoms with E-state index in [9.17, 15) is 4.79 Å². The minimum atomic E-state index is -0.939. The van der Waals surface area contributed by atoms with Gasteiger partial charge in [-0.05, 0) is 18.4 Å². The topological polar surface area (TPSA) is 63.3 Å². The second kappa shape index (κ2) is 3.34. The predicted molar refractivity (Wildman–Crippen MR) is 42.1 cm³/mol. The maximum absolute atomic E-state index is 10.3. The van der Waals surface area contributed by atoms with E-state index in [1.807, 2.05) is 18.2 Å². The molecule has 0 spiro atoms. The molecule has 1 aliphatic rings. The van der Waals surface area contributed by atoms with Gasteiger partial charge in [-0.15, -0.1) is 0 Å². The lowest BCUT2D eigenvalue weighted by Crippen LogP contribution is -2.30. The van der Waals surface area contributed by atoms with Gasteiger partial charge in [0, 0.05) is 0 Å². The molecule has 0 bridgehead atoms. The first-order valence-corrected chi connectivity index (χ1v) is 3.54. The van der Waals surface area contributed by atoms with Crippen molar-refractivity contribution in [3.05, 3.63) is 23.8 Å². The molecular formula is C8H11NO2. The van der Waals surface area contributed by atoms with Crippen LogP contribution in [0.5, 0.6) is 0 Å². The molecule has 0 aromatic rings. The van der Waals surface area contributed by atoms with E-state index >= 15 is 0 Å². The lowest BCUT2D eigenvalue weighted by molar-refractivity contribution is -0.138. The van der Waals surface area contributed by atoms with Crippen molar-refractivity contribution < 1.29 is 9.90 Å². The Morgan fingerprint density at radius 1 is 1.82 bits per heavy atom. The monoisotopic (exact) mass is 153 g/mol. The van der Waals surface area contributed by atoms with Gasteiger partial charge in [-0.3, -0.25) is 4.79 Å². The van der Waals surface area contributed by atoms with E-state index in [2.05, 4.69) is 0 Å². The van der Waals surface area contributed by atoms with Gasteiger partial charge in [0.15, 0.2) is 0 Å². The molecule has 0 saturated heterocycles. The summed E-state index contributed by atoms with van der Waals surface area (Å²) < 4.78 is 0. The smallest absolute Gasteiger partial charge is 0.320 e. The Bertz CT molecular complexity index is 218. The highest BCUT2D eigenvalue weighted by Crippen LogP contribution is 2.13. The number of carbonyl (C=O) groups is 1. The van der Waals surface area contributed by atoms with Crippen LogP contribution in [0.1, 0.15) is 12.8 Å². The van der Waals surface area contributed by atoms with Crippen molar-refractivity contribution in [3.63, 3.8) is 0 Å². The lowest BCUT2D eigenvalue weighted by Gasteiger charge is -2.04. The molecular weight excluding hydrogens is 142 g/mol. The molecule has 3 nitrogen and oxygen atoms in total. The Kier molecular flexibility index (Phi) is 2.44. The number of aliphatic carboxylic acids is 1. The molecule has 0 heterocycles. The predicted octanol–water partition coefficient (Wildman–Crippen LogP) is 0.675. The van der Waals surface area contributed by atoms with E-state index < -0.39 is 12.0 Å². The third-order valence-electron chi connectivity index (χ3n) is 1.62. The van der Waals surface area contributed by atoms with E-state index in [0.717, 1.165) is 12.0 Å². The molecule has 60 valence electrons. The molecule has 0 fully saturated rings. The SMILES string of the molecule is NC(CC1=CCC=C1)C(=O)O. The average molecular weight is 153 g/mol. The van der Waals surface area contributed by atoms with E-state index in [1.165, 1.54) is 0 Å². The highest BCUT2D eigenvalue weighted by Gasteiger charge is 2.12. The second-order valence-corrected chi connectivity index (χ2v) is 2.57. The third-order valence-corrected chi connectivity index (χ3v) is 1.62. The Morgan fingerprint density at radius 2 is 2.55 bits per heavy atom. The number of hydrogen-bond acceptors (Lipinski definition) is 2. The number of carboxylic acids is 1. The van der Waals surface area contributed by atoms with Crippen LogP contribution in [0, 0.1) is 0 Å². The van der Waals surface area contributed by atoms with Gasteiger partial charge in [-0.2, -0.15) is 0 Å². The fraction of sp³-hybridized carbons (Fsp3) is 0.375. The second-order valence-electron chi connectivity index (χ2n) is 2.57. The number of hydrogen-bond donors (Lipinski definition) is 2. The van der Waals surface area contributed by atoms with E-state index in [1.54, 1.807) is 0 Å². The van der Waals surface area contributed by atoms with Gasteiger partial charge in [0.25, 0.3) is 0 Å². The molecule has 0 radical (unpaired) electrons. The van der Waals surface area contributed by atoms with Crippen LogP contribution in [0.25, 0.3) is 0 Å². The first-order chi connectivity index (χ1) is 5.20. The Balaban J connectivity index is 2.42. The molecule has 0 amide bonds. The normalized spacial score (nSPS) is 18.1. The summed E-state index contributed by atoms with van der Waals surface area (Å²) in [4.78, 5) is 10.3. The van der Waals surface area contributed by atoms with Gasteiger partial charge in [-0.1, -0.05) is 18.2 Å². The maximum atomic E-state index is 10.3. The van der Waals surface area contributed by atoms with Crippen LogP contribution in [0.15, 0.2) is 23.8 Å². The van der Waals surface area contributed by atoms with Gasteiger partial charge in [0.2, 0.25) is 0 Å². The van der Waals surface area contributed by atoms with Crippen molar-refractivity contribution in [2.45, 2.75) is 18.9 Å². The van der Waals surface area contributed by atoms with Gasteiger partial charge >= 0.3 is 5.97 Å². The highest BCUT2D eigenvalue weighted by molar-refractivity contribution is 5.73.